The number of para-hydroxylation sites is 1. The molecule has 2 rings (SSSR count). The molecule has 0 atom stereocenters. The van der Waals surface area contributed by atoms with Crippen molar-refractivity contribution >= 4 is 11.4 Å². The van der Waals surface area contributed by atoms with Gasteiger partial charge in [-0.3, -0.25) is 4.98 Å². The van der Waals surface area contributed by atoms with Crippen LogP contribution in [0.1, 0.15) is 12.5 Å². The van der Waals surface area contributed by atoms with E-state index in [1.807, 2.05) is 12.3 Å². The summed E-state index contributed by atoms with van der Waals surface area (Å²) in [5.41, 5.74) is 2.41. The lowest BCUT2D eigenvalue weighted by atomic mass is 10.2. The molecule has 0 aliphatic rings. The Kier molecular flexibility index (Phi) is 3.15. The van der Waals surface area contributed by atoms with Crippen LogP contribution in [-0.4, -0.2) is 4.98 Å². The van der Waals surface area contributed by atoms with Gasteiger partial charge in [0, 0.05) is 6.20 Å². The molecule has 0 amide bonds. The molecule has 0 aliphatic heterocycles. The third-order valence-electron chi connectivity index (χ3n) is 2.36. The highest BCUT2D eigenvalue weighted by Crippen LogP contribution is 2.19. The molecule has 82 valence electrons. The number of aromatic nitrogens is 1. The summed E-state index contributed by atoms with van der Waals surface area (Å²) in [7, 11) is 0. The Morgan fingerprint density at radius 2 is 2.06 bits per heavy atom. The molecule has 2 aromatic rings. The van der Waals surface area contributed by atoms with E-state index in [0.29, 0.717) is 5.69 Å². The van der Waals surface area contributed by atoms with E-state index in [0.717, 1.165) is 17.7 Å². The number of benzene rings is 1. The summed E-state index contributed by atoms with van der Waals surface area (Å²) in [6.07, 6.45) is 4.41. The standard InChI is InChI=1S/C13H13FN2/c1-2-10-7-11(9-15-8-10)16-13-6-4-3-5-12(13)14/h3-9,16H,2H2,1H3. The van der Waals surface area contributed by atoms with Crippen molar-refractivity contribution in [2.24, 2.45) is 0 Å². The van der Waals surface area contributed by atoms with E-state index < -0.39 is 0 Å². The first-order valence-corrected chi connectivity index (χ1v) is 5.25. The molecule has 1 aromatic heterocycles. The predicted molar refractivity (Wildman–Crippen MR) is 63.3 cm³/mol. The largest absolute Gasteiger partial charge is 0.352 e. The SMILES string of the molecule is CCc1cncc(Nc2ccccc2F)c1. The molecule has 0 fully saturated rings. The zero-order valence-electron chi connectivity index (χ0n) is 9.07. The van der Waals surface area contributed by atoms with Gasteiger partial charge in [-0.05, 0) is 30.2 Å². The van der Waals surface area contributed by atoms with Crippen LogP contribution in [0.5, 0.6) is 0 Å². The molecule has 0 aliphatic carbocycles. The van der Waals surface area contributed by atoms with E-state index in [9.17, 15) is 4.39 Å². The van der Waals surface area contributed by atoms with Crippen LogP contribution in [0, 0.1) is 5.82 Å². The van der Waals surface area contributed by atoms with Crippen LogP contribution < -0.4 is 5.32 Å². The number of halogens is 1. The van der Waals surface area contributed by atoms with Gasteiger partial charge in [-0.15, -0.1) is 0 Å². The van der Waals surface area contributed by atoms with Gasteiger partial charge in [0.2, 0.25) is 0 Å². The van der Waals surface area contributed by atoms with Gasteiger partial charge in [0.05, 0.1) is 17.6 Å². The van der Waals surface area contributed by atoms with Crippen molar-refractivity contribution in [3.63, 3.8) is 0 Å². The lowest BCUT2D eigenvalue weighted by molar-refractivity contribution is 0.632. The number of hydrogen-bond donors (Lipinski definition) is 1. The number of pyridine rings is 1. The molecular weight excluding hydrogens is 203 g/mol. The predicted octanol–water partition coefficient (Wildman–Crippen LogP) is 3.53. The van der Waals surface area contributed by atoms with Gasteiger partial charge >= 0.3 is 0 Å². The molecule has 3 heteroatoms. The van der Waals surface area contributed by atoms with E-state index in [-0.39, 0.29) is 5.82 Å². The topological polar surface area (TPSA) is 24.9 Å². The number of aryl methyl sites for hydroxylation is 1. The minimum Gasteiger partial charge on any atom is -0.352 e. The molecule has 1 aromatic carbocycles. The van der Waals surface area contributed by atoms with E-state index in [2.05, 4.69) is 17.2 Å². The number of anilines is 2. The fraction of sp³-hybridized carbons (Fsp3) is 0.154. The number of rotatable bonds is 3. The van der Waals surface area contributed by atoms with E-state index in [1.165, 1.54) is 6.07 Å². The highest BCUT2D eigenvalue weighted by Gasteiger charge is 2.01. The van der Waals surface area contributed by atoms with Crippen molar-refractivity contribution in [1.82, 2.24) is 4.98 Å². The van der Waals surface area contributed by atoms with Gasteiger partial charge in [-0.1, -0.05) is 19.1 Å². The molecule has 0 spiro atoms. The molecule has 0 saturated heterocycles. The maximum Gasteiger partial charge on any atom is 0.146 e. The lowest BCUT2D eigenvalue weighted by Crippen LogP contribution is -1.95. The Morgan fingerprint density at radius 1 is 1.25 bits per heavy atom. The van der Waals surface area contributed by atoms with E-state index in [1.54, 1.807) is 24.4 Å². The summed E-state index contributed by atoms with van der Waals surface area (Å²) >= 11 is 0. The average Bonchev–Trinajstić information content (AvgIpc) is 2.32. The third kappa shape index (κ3) is 2.37. The Hall–Kier alpha value is -1.90. The number of nitrogens with one attached hydrogen (secondary N) is 1. The van der Waals surface area contributed by atoms with Crippen LogP contribution >= 0.6 is 0 Å². The van der Waals surface area contributed by atoms with Crippen molar-refractivity contribution in [2.45, 2.75) is 13.3 Å². The summed E-state index contributed by atoms with van der Waals surface area (Å²) in [4.78, 5) is 4.10. The first-order valence-electron chi connectivity index (χ1n) is 5.25. The molecular formula is C13H13FN2. The van der Waals surface area contributed by atoms with Gasteiger partial charge in [-0.2, -0.15) is 0 Å². The van der Waals surface area contributed by atoms with Crippen LogP contribution in [0.15, 0.2) is 42.7 Å². The third-order valence-corrected chi connectivity index (χ3v) is 2.36. The molecule has 16 heavy (non-hydrogen) atoms. The summed E-state index contributed by atoms with van der Waals surface area (Å²) < 4.78 is 13.4. The molecule has 0 saturated carbocycles. The van der Waals surface area contributed by atoms with Crippen LogP contribution in [-0.2, 0) is 6.42 Å². The van der Waals surface area contributed by atoms with Gasteiger partial charge < -0.3 is 5.32 Å². The molecule has 1 N–H and O–H groups in total. The highest BCUT2D eigenvalue weighted by atomic mass is 19.1. The van der Waals surface area contributed by atoms with Gasteiger partial charge in [-0.25, -0.2) is 4.39 Å². The second-order valence-electron chi connectivity index (χ2n) is 3.54. The smallest absolute Gasteiger partial charge is 0.146 e. The maximum absolute atomic E-state index is 13.4. The minimum absolute atomic E-state index is 0.260. The molecule has 0 bridgehead atoms. The quantitative estimate of drug-likeness (QED) is 0.849. The van der Waals surface area contributed by atoms with Crippen molar-refractivity contribution in [1.29, 1.82) is 0 Å². The summed E-state index contributed by atoms with van der Waals surface area (Å²) in [5, 5.41) is 3.01. The van der Waals surface area contributed by atoms with E-state index >= 15 is 0 Å². The molecule has 2 nitrogen and oxygen atoms in total. The van der Waals surface area contributed by atoms with Crippen molar-refractivity contribution in [2.75, 3.05) is 5.32 Å². The number of hydrogen-bond acceptors (Lipinski definition) is 2. The Morgan fingerprint density at radius 3 is 2.81 bits per heavy atom. The Labute approximate surface area is 94.2 Å². The van der Waals surface area contributed by atoms with Crippen LogP contribution in [0.3, 0.4) is 0 Å². The van der Waals surface area contributed by atoms with Crippen LogP contribution in [0.4, 0.5) is 15.8 Å². The minimum atomic E-state index is -0.260. The number of nitrogens with zero attached hydrogens (tertiary/aromatic N) is 1. The highest BCUT2D eigenvalue weighted by molar-refractivity contribution is 5.59. The van der Waals surface area contributed by atoms with Crippen LogP contribution in [0.2, 0.25) is 0 Å². The second kappa shape index (κ2) is 4.75. The van der Waals surface area contributed by atoms with E-state index in [4.69, 9.17) is 0 Å². The monoisotopic (exact) mass is 216 g/mol. The van der Waals surface area contributed by atoms with Crippen LogP contribution in [0.25, 0.3) is 0 Å². The first-order chi connectivity index (χ1) is 7.79. The normalized spacial score (nSPS) is 10.1. The summed E-state index contributed by atoms with van der Waals surface area (Å²) in [6, 6.07) is 8.57. The average molecular weight is 216 g/mol. The zero-order chi connectivity index (χ0) is 11.4. The second-order valence-corrected chi connectivity index (χ2v) is 3.54. The van der Waals surface area contributed by atoms with Gasteiger partial charge in [0.15, 0.2) is 0 Å². The molecule has 0 unspecified atom stereocenters. The fourth-order valence-corrected chi connectivity index (χ4v) is 1.47. The maximum atomic E-state index is 13.4. The lowest BCUT2D eigenvalue weighted by Gasteiger charge is -2.07. The van der Waals surface area contributed by atoms with Crippen molar-refractivity contribution in [3.8, 4) is 0 Å². The molecule has 1 heterocycles. The van der Waals surface area contributed by atoms with Gasteiger partial charge in [0.1, 0.15) is 5.82 Å². The Balaban J connectivity index is 2.24. The molecule has 0 radical (unpaired) electrons. The first kappa shape index (κ1) is 10.6. The summed E-state index contributed by atoms with van der Waals surface area (Å²) in [6.45, 7) is 2.06. The van der Waals surface area contributed by atoms with Crippen molar-refractivity contribution in [3.05, 3.63) is 54.1 Å². The van der Waals surface area contributed by atoms with Gasteiger partial charge in [0.25, 0.3) is 0 Å². The van der Waals surface area contributed by atoms with Crippen molar-refractivity contribution < 1.29 is 4.39 Å². The summed E-state index contributed by atoms with van der Waals surface area (Å²) in [5.74, 6) is -0.260. The Bertz CT molecular complexity index is 483. The fourth-order valence-electron chi connectivity index (χ4n) is 1.47. The zero-order valence-corrected chi connectivity index (χ0v) is 9.07.